The maximum absolute atomic E-state index is 12.2. The predicted molar refractivity (Wildman–Crippen MR) is 68.9 cm³/mol. The SMILES string of the molecule is CCC1(C(=O)NCCCCOC)CCNCC1. The summed E-state index contributed by atoms with van der Waals surface area (Å²) in [6.45, 7) is 5.60. The fourth-order valence-corrected chi connectivity index (χ4v) is 2.41. The van der Waals surface area contributed by atoms with Crippen LogP contribution >= 0.6 is 0 Å². The summed E-state index contributed by atoms with van der Waals surface area (Å²) in [4.78, 5) is 12.2. The van der Waals surface area contributed by atoms with Crippen molar-refractivity contribution < 1.29 is 9.53 Å². The third-order valence-corrected chi connectivity index (χ3v) is 3.78. The highest BCUT2D eigenvalue weighted by Crippen LogP contribution is 2.32. The molecular formula is C13H26N2O2. The van der Waals surface area contributed by atoms with Crippen molar-refractivity contribution in [2.75, 3.05) is 33.4 Å². The Balaban J connectivity index is 2.28. The fourth-order valence-electron chi connectivity index (χ4n) is 2.41. The summed E-state index contributed by atoms with van der Waals surface area (Å²) >= 11 is 0. The number of nitrogens with one attached hydrogen (secondary N) is 2. The highest BCUT2D eigenvalue weighted by Gasteiger charge is 2.37. The topological polar surface area (TPSA) is 50.4 Å². The van der Waals surface area contributed by atoms with E-state index in [4.69, 9.17) is 4.74 Å². The second kappa shape index (κ2) is 7.67. The van der Waals surface area contributed by atoms with Crippen LogP contribution in [0.15, 0.2) is 0 Å². The fraction of sp³-hybridized carbons (Fsp3) is 0.923. The largest absolute Gasteiger partial charge is 0.385 e. The third kappa shape index (κ3) is 4.28. The lowest BCUT2D eigenvalue weighted by molar-refractivity contribution is -0.132. The molecule has 4 nitrogen and oxygen atoms in total. The van der Waals surface area contributed by atoms with Crippen LogP contribution in [0.3, 0.4) is 0 Å². The van der Waals surface area contributed by atoms with Gasteiger partial charge in [0.1, 0.15) is 0 Å². The van der Waals surface area contributed by atoms with E-state index in [1.165, 1.54) is 0 Å². The molecule has 1 aliphatic heterocycles. The monoisotopic (exact) mass is 242 g/mol. The molecule has 0 aromatic heterocycles. The van der Waals surface area contributed by atoms with E-state index < -0.39 is 0 Å². The zero-order valence-corrected chi connectivity index (χ0v) is 11.2. The lowest BCUT2D eigenvalue weighted by Crippen LogP contribution is -2.47. The molecule has 1 aliphatic rings. The summed E-state index contributed by atoms with van der Waals surface area (Å²) in [5.41, 5.74) is -0.119. The molecule has 1 rings (SSSR count). The number of piperidine rings is 1. The Labute approximate surface area is 104 Å². The molecule has 0 aliphatic carbocycles. The van der Waals surface area contributed by atoms with Gasteiger partial charge in [-0.1, -0.05) is 6.92 Å². The average molecular weight is 242 g/mol. The lowest BCUT2D eigenvalue weighted by atomic mass is 9.76. The van der Waals surface area contributed by atoms with E-state index >= 15 is 0 Å². The first-order valence-corrected chi connectivity index (χ1v) is 6.73. The van der Waals surface area contributed by atoms with Crippen molar-refractivity contribution in [3.05, 3.63) is 0 Å². The highest BCUT2D eigenvalue weighted by atomic mass is 16.5. The number of hydrogen-bond acceptors (Lipinski definition) is 3. The van der Waals surface area contributed by atoms with Crippen LogP contribution in [0.4, 0.5) is 0 Å². The Morgan fingerprint density at radius 3 is 2.65 bits per heavy atom. The van der Waals surface area contributed by atoms with Gasteiger partial charge in [-0.15, -0.1) is 0 Å². The van der Waals surface area contributed by atoms with Gasteiger partial charge in [-0.05, 0) is 45.2 Å². The Morgan fingerprint density at radius 2 is 2.06 bits per heavy atom. The minimum atomic E-state index is -0.119. The number of rotatable bonds is 7. The van der Waals surface area contributed by atoms with Gasteiger partial charge in [-0.3, -0.25) is 4.79 Å². The normalized spacial score (nSPS) is 18.9. The molecule has 1 amide bonds. The maximum atomic E-state index is 12.2. The minimum Gasteiger partial charge on any atom is -0.385 e. The zero-order chi connectivity index (χ0) is 12.6. The number of unbranched alkanes of at least 4 members (excludes halogenated alkanes) is 1. The Kier molecular flexibility index (Phi) is 6.52. The Bertz CT molecular complexity index is 225. The zero-order valence-electron chi connectivity index (χ0n) is 11.2. The van der Waals surface area contributed by atoms with Crippen molar-refractivity contribution in [3.63, 3.8) is 0 Å². The van der Waals surface area contributed by atoms with Gasteiger partial charge in [0.05, 0.1) is 5.41 Å². The summed E-state index contributed by atoms with van der Waals surface area (Å²) in [5, 5.41) is 6.40. The summed E-state index contributed by atoms with van der Waals surface area (Å²) in [6.07, 6.45) is 4.88. The smallest absolute Gasteiger partial charge is 0.226 e. The van der Waals surface area contributed by atoms with Gasteiger partial charge in [0.2, 0.25) is 5.91 Å². The van der Waals surface area contributed by atoms with Gasteiger partial charge < -0.3 is 15.4 Å². The minimum absolute atomic E-state index is 0.119. The number of hydrogen-bond donors (Lipinski definition) is 2. The van der Waals surface area contributed by atoms with E-state index in [1.54, 1.807) is 7.11 Å². The van der Waals surface area contributed by atoms with Crippen LogP contribution in [0.2, 0.25) is 0 Å². The molecule has 1 fully saturated rings. The van der Waals surface area contributed by atoms with Gasteiger partial charge in [0.15, 0.2) is 0 Å². The van der Waals surface area contributed by atoms with Crippen molar-refractivity contribution in [3.8, 4) is 0 Å². The third-order valence-electron chi connectivity index (χ3n) is 3.78. The first-order valence-electron chi connectivity index (χ1n) is 6.73. The molecular weight excluding hydrogens is 216 g/mol. The molecule has 2 N–H and O–H groups in total. The number of methoxy groups -OCH3 is 1. The first-order chi connectivity index (χ1) is 8.25. The van der Waals surface area contributed by atoms with Crippen LogP contribution in [0.5, 0.6) is 0 Å². The van der Waals surface area contributed by atoms with E-state index in [2.05, 4.69) is 17.6 Å². The van der Waals surface area contributed by atoms with Crippen LogP contribution in [-0.4, -0.2) is 39.3 Å². The van der Waals surface area contributed by atoms with Crippen LogP contribution in [0.1, 0.15) is 39.0 Å². The molecule has 100 valence electrons. The molecule has 0 aromatic carbocycles. The van der Waals surface area contributed by atoms with Gasteiger partial charge >= 0.3 is 0 Å². The van der Waals surface area contributed by atoms with E-state index in [0.717, 1.165) is 58.3 Å². The maximum Gasteiger partial charge on any atom is 0.226 e. The molecule has 0 bridgehead atoms. The Morgan fingerprint density at radius 1 is 1.35 bits per heavy atom. The quantitative estimate of drug-likeness (QED) is 0.662. The molecule has 0 atom stereocenters. The molecule has 1 saturated heterocycles. The average Bonchev–Trinajstić information content (AvgIpc) is 2.39. The van der Waals surface area contributed by atoms with E-state index in [-0.39, 0.29) is 11.3 Å². The number of carbonyl (C=O) groups excluding carboxylic acids is 1. The predicted octanol–water partition coefficient (Wildman–Crippen LogP) is 1.31. The molecule has 17 heavy (non-hydrogen) atoms. The number of amides is 1. The van der Waals surface area contributed by atoms with Crippen molar-refractivity contribution in [2.24, 2.45) is 5.41 Å². The molecule has 0 saturated carbocycles. The Hall–Kier alpha value is -0.610. The number of carbonyl (C=O) groups is 1. The summed E-state index contributed by atoms with van der Waals surface area (Å²) in [6, 6.07) is 0. The highest BCUT2D eigenvalue weighted by molar-refractivity contribution is 5.82. The summed E-state index contributed by atoms with van der Waals surface area (Å²) in [5.74, 6) is 0.249. The van der Waals surface area contributed by atoms with Crippen LogP contribution < -0.4 is 10.6 Å². The van der Waals surface area contributed by atoms with E-state index in [9.17, 15) is 4.79 Å². The lowest BCUT2D eigenvalue weighted by Gasteiger charge is -2.35. The van der Waals surface area contributed by atoms with Gasteiger partial charge in [0, 0.05) is 20.3 Å². The second-order valence-electron chi connectivity index (χ2n) is 4.84. The van der Waals surface area contributed by atoms with Crippen LogP contribution in [0, 0.1) is 5.41 Å². The number of ether oxygens (including phenoxy) is 1. The van der Waals surface area contributed by atoms with Crippen molar-refractivity contribution in [1.82, 2.24) is 10.6 Å². The standard InChI is InChI=1S/C13H26N2O2/c1-3-13(6-9-14-10-7-13)12(16)15-8-4-5-11-17-2/h14H,3-11H2,1-2H3,(H,15,16). The van der Waals surface area contributed by atoms with E-state index in [0.29, 0.717) is 0 Å². The van der Waals surface area contributed by atoms with Crippen molar-refractivity contribution >= 4 is 5.91 Å². The summed E-state index contributed by atoms with van der Waals surface area (Å²) in [7, 11) is 1.71. The second-order valence-corrected chi connectivity index (χ2v) is 4.84. The molecule has 4 heteroatoms. The molecule has 0 spiro atoms. The molecule has 1 heterocycles. The van der Waals surface area contributed by atoms with Crippen molar-refractivity contribution in [2.45, 2.75) is 39.0 Å². The summed E-state index contributed by atoms with van der Waals surface area (Å²) < 4.78 is 4.99. The van der Waals surface area contributed by atoms with Gasteiger partial charge in [0.25, 0.3) is 0 Å². The molecule has 0 aromatic rings. The van der Waals surface area contributed by atoms with Gasteiger partial charge in [-0.25, -0.2) is 0 Å². The molecule has 0 radical (unpaired) electrons. The van der Waals surface area contributed by atoms with Crippen molar-refractivity contribution in [1.29, 1.82) is 0 Å². The van der Waals surface area contributed by atoms with Crippen LogP contribution in [-0.2, 0) is 9.53 Å². The first kappa shape index (κ1) is 14.5. The van der Waals surface area contributed by atoms with E-state index in [1.807, 2.05) is 0 Å². The molecule has 0 unspecified atom stereocenters. The van der Waals surface area contributed by atoms with Crippen LogP contribution in [0.25, 0.3) is 0 Å². The van der Waals surface area contributed by atoms with Gasteiger partial charge in [-0.2, -0.15) is 0 Å².